The van der Waals surface area contributed by atoms with Crippen LogP contribution in [0.15, 0.2) is 0 Å². The van der Waals surface area contributed by atoms with Crippen LogP contribution in [0.1, 0.15) is 64.2 Å². The molecule has 0 bridgehead atoms. The molecule has 23 heavy (non-hydrogen) atoms. The maximum absolute atomic E-state index is 12.2. The van der Waals surface area contributed by atoms with Crippen LogP contribution >= 0.6 is 0 Å². The molecular weight excluding hydrogens is 296 g/mol. The van der Waals surface area contributed by atoms with Gasteiger partial charge in [0.15, 0.2) is 0 Å². The molecule has 130 valence electrons. The molecule has 0 aromatic heterocycles. The van der Waals surface area contributed by atoms with Gasteiger partial charge in [-0.2, -0.15) is 0 Å². The third kappa shape index (κ3) is 5.52. The molecule has 0 aromatic carbocycles. The number of carbonyl (C=O) groups excluding carboxylic acids is 3. The summed E-state index contributed by atoms with van der Waals surface area (Å²) in [4.78, 5) is 37.2. The standard InChI is InChI=1S/C17H28N2O4/c1-23-17(22)10-6-9-15(20)18-13-11-16(21)19(12-13)14-7-4-2-3-5-8-14/h13-14H,2-12H2,1H3,(H,18,20). The Morgan fingerprint density at radius 3 is 2.52 bits per heavy atom. The van der Waals surface area contributed by atoms with Gasteiger partial charge in [0.1, 0.15) is 0 Å². The minimum Gasteiger partial charge on any atom is -0.469 e. The first-order valence-corrected chi connectivity index (χ1v) is 8.76. The fraction of sp³-hybridized carbons (Fsp3) is 0.824. The zero-order chi connectivity index (χ0) is 16.7. The molecule has 6 heteroatoms. The molecule has 1 atom stereocenters. The molecule has 1 aliphatic carbocycles. The number of methoxy groups -OCH3 is 1. The molecule has 0 radical (unpaired) electrons. The van der Waals surface area contributed by atoms with Crippen molar-refractivity contribution in [2.45, 2.75) is 76.3 Å². The highest BCUT2D eigenvalue weighted by Crippen LogP contribution is 2.25. The Hall–Kier alpha value is -1.59. The van der Waals surface area contributed by atoms with Gasteiger partial charge in [0, 0.05) is 31.8 Å². The summed E-state index contributed by atoms with van der Waals surface area (Å²) >= 11 is 0. The van der Waals surface area contributed by atoms with Crippen molar-refractivity contribution < 1.29 is 19.1 Å². The third-order valence-corrected chi connectivity index (χ3v) is 4.80. The van der Waals surface area contributed by atoms with Gasteiger partial charge in [0.25, 0.3) is 0 Å². The predicted octanol–water partition coefficient (Wildman–Crippen LogP) is 1.77. The number of hydrogen-bond donors (Lipinski definition) is 1. The van der Waals surface area contributed by atoms with Crippen molar-refractivity contribution in [1.82, 2.24) is 10.2 Å². The van der Waals surface area contributed by atoms with E-state index in [9.17, 15) is 14.4 Å². The zero-order valence-corrected chi connectivity index (χ0v) is 14.0. The number of likely N-dealkylation sites (tertiary alicyclic amines) is 1. The molecule has 1 saturated heterocycles. The van der Waals surface area contributed by atoms with Crippen molar-refractivity contribution >= 4 is 17.8 Å². The van der Waals surface area contributed by atoms with E-state index < -0.39 is 0 Å². The summed E-state index contributed by atoms with van der Waals surface area (Å²) in [7, 11) is 1.34. The van der Waals surface area contributed by atoms with Crippen LogP contribution in [-0.4, -0.2) is 48.4 Å². The van der Waals surface area contributed by atoms with Crippen molar-refractivity contribution in [2.24, 2.45) is 0 Å². The second-order valence-corrected chi connectivity index (χ2v) is 6.59. The Kier molecular flexibility index (Phi) is 6.86. The Morgan fingerprint density at radius 2 is 1.87 bits per heavy atom. The van der Waals surface area contributed by atoms with E-state index in [0.717, 1.165) is 12.8 Å². The minimum atomic E-state index is -0.298. The fourth-order valence-corrected chi connectivity index (χ4v) is 3.55. The van der Waals surface area contributed by atoms with Gasteiger partial charge in [0.05, 0.1) is 13.2 Å². The van der Waals surface area contributed by atoms with Crippen molar-refractivity contribution in [3.63, 3.8) is 0 Å². The second kappa shape index (κ2) is 8.89. The molecule has 0 spiro atoms. The Morgan fingerprint density at radius 1 is 1.17 bits per heavy atom. The Bertz CT molecular complexity index is 430. The number of nitrogens with one attached hydrogen (secondary N) is 1. The van der Waals surface area contributed by atoms with Crippen LogP contribution in [0.3, 0.4) is 0 Å². The van der Waals surface area contributed by atoms with Crippen LogP contribution in [0.5, 0.6) is 0 Å². The van der Waals surface area contributed by atoms with E-state index in [-0.39, 0.29) is 30.2 Å². The normalized spacial score (nSPS) is 22.7. The van der Waals surface area contributed by atoms with Crippen LogP contribution < -0.4 is 5.32 Å². The first-order chi connectivity index (χ1) is 11.1. The van der Waals surface area contributed by atoms with Gasteiger partial charge in [-0.1, -0.05) is 25.7 Å². The summed E-state index contributed by atoms with van der Waals surface area (Å²) in [6, 6.07) is 0.266. The highest BCUT2D eigenvalue weighted by molar-refractivity contribution is 5.82. The van der Waals surface area contributed by atoms with E-state index >= 15 is 0 Å². The average Bonchev–Trinajstić information content (AvgIpc) is 2.74. The monoisotopic (exact) mass is 324 g/mol. The molecule has 6 nitrogen and oxygen atoms in total. The van der Waals surface area contributed by atoms with Gasteiger partial charge in [-0.15, -0.1) is 0 Å². The Balaban J connectivity index is 1.73. The largest absolute Gasteiger partial charge is 0.469 e. The third-order valence-electron chi connectivity index (χ3n) is 4.80. The summed E-state index contributed by atoms with van der Waals surface area (Å²) in [5.74, 6) is -0.223. The lowest BCUT2D eigenvalue weighted by Gasteiger charge is -2.27. The molecule has 2 amide bonds. The number of hydrogen-bond acceptors (Lipinski definition) is 4. The van der Waals surface area contributed by atoms with E-state index in [0.29, 0.717) is 31.8 Å². The highest BCUT2D eigenvalue weighted by atomic mass is 16.5. The fourth-order valence-electron chi connectivity index (χ4n) is 3.55. The van der Waals surface area contributed by atoms with Gasteiger partial charge in [-0.3, -0.25) is 14.4 Å². The lowest BCUT2D eigenvalue weighted by molar-refractivity contribution is -0.140. The first kappa shape index (κ1) is 17.8. The van der Waals surface area contributed by atoms with E-state index in [1.165, 1.54) is 32.8 Å². The lowest BCUT2D eigenvalue weighted by Crippen LogP contribution is -2.40. The van der Waals surface area contributed by atoms with E-state index in [1.54, 1.807) is 0 Å². The van der Waals surface area contributed by atoms with Crippen LogP contribution in [0.4, 0.5) is 0 Å². The molecule has 1 unspecified atom stereocenters. The van der Waals surface area contributed by atoms with E-state index in [1.807, 2.05) is 4.90 Å². The molecule has 1 N–H and O–H groups in total. The summed E-state index contributed by atoms with van der Waals surface area (Å²) in [6.07, 6.45) is 8.52. The van der Waals surface area contributed by atoms with E-state index in [4.69, 9.17) is 0 Å². The number of rotatable bonds is 6. The smallest absolute Gasteiger partial charge is 0.305 e. The molecule has 0 aromatic rings. The quantitative estimate of drug-likeness (QED) is 0.597. The lowest BCUT2D eigenvalue weighted by atomic mass is 10.1. The van der Waals surface area contributed by atoms with Gasteiger partial charge in [-0.05, 0) is 19.3 Å². The summed E-state index contributed by atoms with van der Waals surface area (Å²) in [5.41, 5.74) is 0. The van der Waals surface area contributed by atoms with Gasteiger partial charge in [0.2, 0.25) is 11.8 Å². The molecule has 2 rings (SSSR count). The maximum atomic E-state index is 12.2. The van der Waals surface area contributed by atoms with E-state index in [2.05, 4.69) is 10.1 Å². The van der Waals surface area contributed by atoms with Crippen LogP contribution in [0.25, 0.3) is 0 Å². The van der Waals surface area contributed by atoms with Crippen molar-refractivity contribution in [3.8, 4) is 0 Å². The highest BCUT2D eigenvalue weighted by Gasteiger charge is 2.34. The number of ether oxygens (including phenoxy) is 1. The molecule has 2 aliphatic rings. The number of carbonyl (C=O) groups is 3. The molecule has 1 heterocycles. The number of esters is 1. The minimum absolute atomic E-state index is 0.0867. The number of nitrogens with zero attached hydrogens (tertiary/aromatic N) is 1. The predicted molar refractivity (Wildman–Crippen MR) is 85.6 cm³/mol. The number of amides is 2. The molecule has 2 fully saturated rings. The molecular formula is C17H28N2O4. The zero-order valence-electron chi connectivity index (χ0n) is 14.0. The summed E-state index contributed by atoms with van der Waals surface area (Å²) < 4.78 is 4.55. The summed E-state index contributed by atoms with van der Waals surface area (Å²) in [6.45, 7) is 0.631. The SMILES string of the molecule is COC(=O)CCCC(=O)NC1CC(=O)N(C2CCCCCC2)C1. The molecule has 1 saturated carbocycles. The van der Waals surface area contributed by atoms with Crippen LogP contribution in [0.2, 0.25) is 0 Å². The van der Waals surface area contributed by atoms with Gasteiger partial charge >= 0.3 is 5.97 Å². The van der Waals surface area contributed by atoms with Crippen molar-refractivity contribution in [2.75, 3.05) is 13.7 Å². The van der Waals surface area contributed by atoms with Gasteiger partial charge < -0.3 is 15.0 Å². The van der Waals surface area contributed by atoms with Crippen molar-refractivity contribution in [1.29, 1.82) is 0 Å². The maximum Gasteiger partial charge on any atom is 0.305 e. The van der Waals surface area contributed by atoms with Crippen LogP contribution in [0, 0.1) is 0 Å². The average molecular weight is 324 g/mol. The van der Waals surface area contributed by atoms with Crippen molar-refractivity contribution in [3.05, 3.63) is 0 Å². The second-order valence-electron chi connectivity index (χ2n) is 6.59. The molecule has 1 aliphatic heterocycles. The first-order valence-electron chi connectivity index (χ1n) is 8.76. The van der Waals surface area contributed by atoms with Gasteiger partial charge in [-0.25, -0.2) is 0 Å². The van der Waals surface area contributed by atoms with Crippen LogP contribution in [-0.2, 0) is 19.1 Å². The Labute approximate surface area is 137 Å². The summed E-state index contributed by atoms with van der Waals surface area (Å²) in [5, 5.41) is 2.93. The topological polar surface area (TPSA) is 75.7 Å².